The Hall–Kier alpha value is -1.84. The first-order chi connectivity index (χ1) is 8.35. The van der Waals surface area contributed by atoms with E-state index in [1.807, 2.05) is 6.07 Å². The smallest absolute Gasteiger partial charge is 0.412 e. The van der Waals surface area contributed by atoms with E-state index in [-0.39, 0.29) is 5.78 Å². The molecule has 96 valence electrons. The third-order valence-electron chi connectivity index (χ3n) is 2.68. The van der Waals surface area contributed by atoms with Crippen molar-refractivity contribution in [3.63, 3.8) is 0 Å². The number of aryl methyl sites for hydroxylation is 1. The SMILES string of the molecule is CC(C)(C)OC(=O)Nc1ccc2c(c1)C(=O)CC2. The van der Waals surface area contributed by atoms with Crippen molar-refractivity contribution in [1.29, 1.82) is 0 Å². The van der Waals surface area contributed by atoms with Crippen molar-refractivity contribution in [2.24, 2.45) is 0 Å². The number of hydrogen-bond donors (Lipinski definition) is 1. The van der Waals surface area contributed by atoms with E-state index < -0.39 is 11.7 Å². The maximum atomic E-state index is 11.6. The van der Waals surface area contributed by atoms with Crippen molar-refractivity contribution in [3.8, 4) is 0 Å². The van der Waals surface area contributed by atoms with Gasteiger partial charge in [0.1, 0.15) is 5.60 Å². The maximum absolute atomic E-state index is 11.6. The van der Waals surface area contributed by atoms with Crippen molar-refractivity contribution in [2.75, 3.05) is 5.32 Å². The number of amides is 1. The second kappa shape index (κ2) is 4.44. The summed E-state index contributed by atoms with van der Waals surface area (Å²) in [5.41, 5.74) is 1.83. The summed E-state index contributed by atoms with van der Waals surface area (Å²) in [4.78, 5) is 23.2. The Bertz CT molecular complexity index is 500. The monoisotopic (exact) mass is 247 g/mol. The largest absolute Gasteiger partial charge is 0.444 e. The predicted octanol–water partition coefficient (Wildman–Crippen LogP) is 3.16. The van der Waals surface area contributed by atoms with Gasteiger partial charge in [0.15, 0.2) is 5.78 Å². The number of carbonyl (C=O) groups is 2. The molecule has 1 aromatic rings. The fourth-order valence-corrected chi connectivity index (χ4v) is 1.94. The van der Waals surface area contributed by atoms with E-state index >= 15 is 0 Å². The third kappa shape index (κ3) is 2.88. The van der Waals surface area contributed by atoms with Crippen LogP contribution in [0.3, 0.4) is 0 Å². The summed E-state index contributed by atoms with van der Waals surface area (Å²) < 4.78 is 5.15. The van der Waals surface area contributed by atoms with Crippen LogP contribution in [0.4, 0.5) is 10.5 Å². The Morgan fingerprint density at radius 2 is 2.00 bits per heavy atom. The molecule has 4 nitrogen and oxygen atoms in total. The highest BCUT2D eigenvalue weighted by atomic mass is 16.6. The lowest BCUT2D eigenvalue weighted by atomic mass is 10.1. The summed E-state index contributed by atoms with van der Waals surface area (Å²) in [7, 11) is 0. The number of nitrogens with one attached hydrogen (secondary N) is 1. The highest BCUT2D eigenvalue weighted by Gasteiger charge is 2.21. The van der Waals surface area contributed by atoms with Gasteiger partial charge >= 0.3 is 6.09 Å². The predicted molar refractivity (Wildman–Crippen MR) is 69.0 cm³/mol. The Morgan fingerprint density at radius 1 is 1.28 bits per heavy atom. The van der Waals surface area contributed by atoms with Crippen LogP contribution in [0.2, 0.25) is 0 Å². The van der Waals surface area contributed by atoms with Crippen LogP contribution in [-0.4, -0.2) is 17.5 Å². The first kappa shape index (κ1) is 12.6. The highest BCUT2D eigenvalue weighted by molar-refractivity contribution is 6.01. The van der Waals surface area contributed by atoms with Crippen molar-refractivity contribution in [3.05, 3.63) is 29.3 Å². The second-order valence-corrected chi connectivity index (χ2v) is 5.42. The molecule has 0 bridgehead atoms. The van der Waals surface area contributed by atoms with E-state index in [1.165, 1.54) is 0 Å². The van der Waals surface area contributed by atoms with Gasteiger partial charge < -0.3 is 4.74 Å². The molecule has 0 fully saturated rings. The van der Waals surface area contributed by atoms with Crippen LogP contribution in [0.25, 0.3) is 0 Å². The summed E-state index contributed by atoms with van der Waals surface area (Å²) in [5.74, 6) is 0.137. The molecule has 18 heavy (non-hydrogen) atoms. The molecule has 0 aromatic heterocycles. The molecular formula is C14H17NO3. The van der Waals surface area contributed by atoms with E-state index in [4.69, 9.17) is 4.74 Å². The standard InChI is InChI=1S/C14H17NO3/c1-14(2,3)18-13(17)15-10-6-4-9-5-7-12(16)11(9)8-10/h4,6,8H,5,7H2,1-3H3,(H,15,17). The van der Waals surface area contributed by atoms with Gasteiger partial charge in [-0.05, 0) is 44.9 Å². The van der Waals surface area contributed by atoms with E-state index in [9.17, 15) is 9.59 Å². The van der Waals surface area contributed by atoms with Gasteiger partial charge in [-0.15, -0.1) is 0 Å². The van der Waals surface area contributed by atoms with E-state index in [2.05, 4.69) is 5.32 Å². The summed E-state index contributed by atoms with van der Waals surface area (Å²) in [5, 5.41) is 2.64. The molecule has 4 heteroatoms. The molecule has 0 spiro atoms. The first-order valence-corrected chi connectivity index (χ1v) is 6.01. The van der Waals surface area contributed by atoms with Crippen molar-refractivity contribution >= 4 is 17.6 Å². The summed E-state index contributed by atoms with van der Waals surface area (Å²) in [6, 6.07) is 5.39. The normalized spacial score (nSPS) is 14.3. The number of ether oxygens (including phenoxy) is 1. The molecule has 0 saturated heterocycles. The topological polar surface area (TPSA) is 55.4 Å². The molecule has 1 amide bonds. The lowest BCUT2D eigenvalue weighted by molar-refractivity contribution is 0.0635. The van der Waals surface area contributed by atoms with Gasteiger partial charge in [-0.1, -0.05) is 6.07 Å². The number of carbonyl (C=O) groups excluding carboxylic acids is 2. The molecule has 1 aromatic carbocycles. The van der Waals surface area contributed by atoms with Crippen LogP contribution in [-0.2, 0) is 11.2 Å². The second-order valence-electron chi connectivity index (χ2n) is 5.42. The van der Waals surface area contributed by atoms with Gasteiger partial charge in [0.25, 0.3) is 0 Å². The van der Waals surface area contributed by atoms with Crippen LogP contribution in [0, 0.1) is 0 Å². The molecule has 0 unspecified atom stereocenters. The molecule has 0 atom stereocenters. The molecule has 0 saturated carbocycles. The van der Waals surface area contributed by atoms with Crippen LogP contribution in [0.5, 0.6) is 0 Å². The number of benzene rings is 1. The average Bonchev–Trinajstić information content (AvgIpc) is 2.57. The molecule has 2 rings (SSSR count). The fourth-order valence-electron chi connectivity index (χ4n) is 1.94. The lowest BCUT2D eigenvalue weighted by Gasteiger charge is -2.19. The highest BCUT2D eigenvalue weighted by Crippen LogP contribution is 2.25. The van der Waals surface area contributed by atoms with Crippen LogP contribution in [0.15, 0.2) is 18.2 Å². The van der Waals surface area contributed by atoms with Gasteiger partial charge in [-0.25, -0.2) is 4.79 Å². The average molecular weight is 247 g/mol. The Labute approximate surface area is 106 Å². The van der Waals surface area contributed by atoms with Crippen LogP contribution >= 0.6 is 0 Å². The van der Waals surface area contributed by atoms with Gasteiger partial charge in [0, 0.05) is 17.7 Å². The molecule has 0 heterocycles. The van der Waals surface area contributed by atoms with E-state index in [0.29, 0.717) is 17.7 Å². The zero-order chi connectivity index (χ0) is 13.3. The Balaban J connectivity index is 2.09. The van der Waals surface area contributed by atoms with E-state index in [0.717, 1.165) is 12.0 Å². The minimum atomic E-state index is -0.531. The lowest BCUT2D eigenvalue weighted by Crippen LogP contribution is -2.27. The molecule has 1 aliphatic rings. The van der Waals surface area contributed by atoms with Crippen molar-refractivity contribution in [2.45, 2.75) is 39.2 Å². The number of anilines is 1. The maximum Gasteiger partial charge on any atom is 0.412 e. The first-order valence-electron chi connectivity index (χ1n) is 6.01. The van der Waals surface area contributed by atoms with Gasteiger partial charge in [-0.2, -0.15) is 0 Å². The molecular weight excluding hydrogens is 230 g/mol. The summed E-state index contributed by atoms with van der Waals surface area (Å²) in [6.07, 6.45) is 0.847. The quantitative estimate of drug-likeness (QED) is 0.829. The van der Waals surface area contributed by atoms with Gasteiger partial charge in [-0.3, -0.25) is 10.1 Å². The zero-order valence-corrected chi connectivity index (χ0v) is 10.9. The van der Waals surface area contributed by atoms with Crippen LogP contribution in [0.1, 0.15) is 43.1 Å². The number of rotatable bonds is 1. The molecule has 0 radical (unpaired) electrons. The zero-order valence-electron chi connectivity index (χ0n) is 10.9. The Morgan fingerprint density at radius 3 is 2.67 bits per heavy atom. The fraction of sp³-hybridized carbons (Fsp3) is 0.429. The number of ketones is 1. The van der Waals surface area contributed by atoms with Crippen molar-refractivity contribution < 1.29 is 14.3 Å². The third-order valence-corrected chi connectivity index (χ3v) is 2.68. The van der Waals surface area contributed by atoms with E-state index in [1.54, 1.807) is 32.9 Å². The number of Topliss-reactive ketones (excluding diaryl/α,β-unsaturated/α-hetero) is 1. The summed E-state index contributed by atoms with van der Waals surface area (Å²) >= 11 is 0. The van der Waals surface area contributed by atoms with Gasteiger partial charge in [0.2, 0.25) is 0 Å². The Kier molecular flexibility index (Phi) is 3.11. The molecule has 0 aliphatic heterocycles. The summed E-state index contributed by atoms with van der Waals surface area (Å²) in [6.45, 7) is 5.41. The number of fused-ring (bicyclic) bond motifs is 1. The minimum Gasteiger partial charge on any atom is -0.444 e. The number of hydrogen-bond acceptors (Lipinski definition) is 3. The van der Waals surface area contributed by atoms with Crippen molar-refractivity contribution in [1.82, 2.24) is 0 Å². The van der Waals surface area contributed by atoms with Crippen LogP contribution < -0.4 is 5.32 Å². The molecule has 1 N–H and O–H groups in total. The molecule has 1 aliphatic carbocycles. The minimum absolute atomic E-state index is 0.137. The van der Waals surface area contributed by atoms with Gasteiger partial charge in [0.05, 0.1) is 0 Å².